The van der Waals surface area contributed by atoms with E-state index in [0.29, 0.717) is 10.6 Å². The number of aryl methyl sites for hydroxylation is 1. The molecule has 0 aliphatic rings. The molecule has 0 fully saturated rings. The molecule has 0 radical (unpaired) electrons. The van der Waals surface area contributed by atoms with Gasteiger partial charge in [0.1, 0.15) is 5.82 Å². The Hall–Kier alpha value is -1.20. The molecule has 0 saturated carbocycles. The van der Waals surface area contributed by atoms with E-state index < -0.39 is 0 Å². The monoisotopic (exact) mass is 237 g/mol. The molecule has 0 spiro atoms. The summed E-state index contributed by atoms with van der Waals surface area (Å²) in [4.78, 5) is 8.20. The molecule has 0 aliphatic carbocycles. The highest BCUT2D eigenvalue weighted by molar-refractivity contribution is 7.71. The quantitative estimate of drug-likeness (QED) is 0.790. The first-order valence-electron chi connectivity index (χ1n) is 4.53. The number of hydrogen-bond donors (Lipinski definition) is 2. The van der Waals surface area contributed by atoms with Gasteiger partial charge in [0.15, 0.2) is 4.77 Å². The Morgan fingerprint density at radius 2 is 2.40 bits per heavy atom. The van der Waals surface area contributed by atoms with E-state index in [-0.39, 0.29) is 0 Å². The van der Waals surface area contributed by atoms with Crippen molar-refractivity contribution in [1.29, 1.82) is 0 Å². The number of thiophene rings is 1. The molecule has 0 aliphatic heterocycles. The van der Waals surface area contributed by atoms with E-state index in [1.807, 2.05) is 0 Å². The minimum atomic E-state index is 0.430. The Morgan fingerprint density at radius 3 is 3.00 bits per heavy atom. The Labute approximate surface area is 97.0 Å². The van der Waals surface area contributed by atoms with Crippen LogP contribution in [0.4, 0.5) is 5.82 Å². The lowest BCUT2D eigenvalue weighted by molar-refractivity contribution is 1.07. The number of hydrogen-bond acceptors (Lipinski definition) is 4. The van der Waals surface area contributed by atoms with Crippen molar-refractivity contribution >= 4 is 29.4 Å². The Bertz CT molecular complexity index is 527. The fourth-order valence-electron chi connectivity index (χ4n) is 1.33. The average Bonchev–Trinajstić information content (AvgIpc) is 2.57. The highest BCUT2D eigenvalue weighted by Crippen LogP contribution is 2.21. The summed E-state index contributed by atoms with van der Waals surface area (Å²) in [7, 11) is 0. The van der Waals surface area contributed by atoms with Gasteiger partial charge >= 0.3 is 0 Å². The van der Waals surface area contributed by atoms with Gasteiger partial charge in [-0.2, -0.15) is 0 Å². The molecule has 15 heavy (non-hydrogen) atoms. The minimum absolute atomic E-state index is 0.430. The van der Waals surface area contributed by atoms with Crippen molar-refractivity contribution in [2.24, 2.45) is 0 Å². The van der Waals surface area contributed by atoms with Gasteiger partial charge < -0.3 is 10.7 Å². The van der Waals surface area contributed by atoms with E-state index in [1.165, 1.54) is 10.4 Å². The summed E-state index contributed by atoms with van der Waals surface area (Å²) in [5.74, 6) is 0.614. The van der Waals surface area contributed by atoms with Crippen LogP contribution in [-0.4, -0.2) is 9.97 Å². The number of nitrogen functional groups attached to an aromatic ring is 1. The first-order valence-corrected chi connectivity index (χ1v) is 5.82. The molecule has 5 heteroatoms. The molecular formula is C10H11N3S2. The lowest BCUT2D eigenvalue weighted by Gasteiger charge is -2.03. The summed E-state index contributed by atoms with van der Waals surface area (Å²) in [5.41, 5.74) is 8.12. The smallest absolute Gasteiger partial charge is 0.198 e. The fourth-order valence-corrected chi connectivity index (χ4v) is 2.42. The van der Waals surface area contributed by atoms with Crippen LogP contribution in [-0.2, 0) is 6.42 Å². The Kier molecular flexibility index (Phi) is 2.83. The van der Waals surface area contributed by atoms with Gasteiger partial charge in [-0.15, -0.1) is 11.3 Å². The van der Waals surface area contributed by atoms with Gasteiger partial charge in [-0.25, -0.2) is 4.98 Å². The first-order chi connectivity index (χ1) is 7.16. The molecule has 3 nitrogen and oxygen atoms in total. The van der Waals surface area contributed by atoms with Crippen LogP contribution in [0, 0.1) is 11.7 Å². The highest BCUT2D eigenvalue weighted by atomic mass is 32.1. The van der Waals surface area contributed by atoms with Gasteiger partial charge in [0, 0.05) is 23.1 Å². The van der Waals surface area contributed by atoms with Crippen molar-refractivity contribution in [3.8, 4) is 0 Å². The molecule has 2 heterocycles. The molecule has 78 valence electrons. The summed E-state index contributed by atoms with van der Waals surface area (Å²) in [6.07, 6.45) is 2.56. The lowest BCUT2D eigenvalue weighted by Crippen LogP contribution is -2.00. The number of aromatic amines is 1. The van der Waals surface area contributed by atoms with Crippen molar-refractivity contribution in [3.05, 3.63) is 38.4 Å². The predicted molar refractivity (Wildman–Crippen MR) is 65.7 cm³/mol. The SMILES string of the molecule is Cc1ccsc1Cc1cnc(=S)[nH]c1N. The van der Waals surface area contributed by atoms with E-state index in [2.05, 4.69) is 28.3 Å². The van der Waals surface area contributed by atoms with Crippen LogP contribution in [0.3, 0.4) is 0 Å². The van der Waals surface area contributed by atoms with E-state index >= 15 is 0 Å². The third kappa shape index (κ3) is 2.24. The number of H-pyrrole nitrogens is 1. The van der Waals surface area contributed by atoms with Crippen LogP contribution >= 0.6 is 23.6 Å². The van der Waals surface area contributed by atoms with Gasteiger partial charge in [-0.05, 0) is 36.2 Å². The minimum Gasteiger partial charge on any atom is -0.385 e. The summed E-state index contributed by atoms with van der Waals surface area (Å²) in [6.45, 7) is 2.10. The number of nitrogens with two attached hydrogens (primary N) is 1. The Balaban J connectivity index is 2.33. The van der Waals surface area contributed by atoms with Gasteiger partial charge in [0.05, 0.1) is 0 Å². The third-order valence-corrected chi connectivity index (χ3v) is 3.47. The molecule has 0 atom stereocenters. The van der Waals surface area contributed by atoms with Crippen LogP contribution in [0.25, 0.3) is 0 Å². The second-order valence-corrected chi connectivity index (χ2v) is 4.72. The lowest BCUT2D eigenvalue weighted by atomic mass is 10.1. The largest absolute Gasteiger partial charge is 0.385 e. The second kappa shape index (κ2) is 4.12. The van der Waals surface area contributed by atoms with Crippen molar-refractivity contribution in [3.63, 3.8) is 0 Å². The van der Waals surface area contributed by atoms with Gasteiger partial charge in [0.2, 0.25) is 0 Å². The zero-order valence-electron chi connectivity index (χ0n) is 8.28. The van der Waals surface area contributed by atoms with Crippen molar-refractivity contribution in [1.82, 2.24) is 9.97 Å². The van der Waals surface area contributed by atoms with Crippen molar-refractivity contribution in [2.45, 2.75) is 13.3 Å². The molecule has 2 rings (SSSR count). The van der Waals surface area contributed by atoms with Crippen LogP contribution < -0.4 is 5.73 Å². The maximum Gasteiger partial charge on any atom is 0.198 e. The summed E-state index contributed by atoms with van der Waals surface area (Å²) < 4.78 is 0.430. The van der Waals surface area contributed by atoms with Crippen LogP contribution in [0.5, 0.6) is 0 Å². The summed E-state index contributed by atoms with van der Waals surface area (Å²) in [6, 6.07) is 2.11. The molecule has 3 N–H and O–H groups in total. The van der Waals surface area contributed by atoms with Gasteiger partial charge in [-0.3, -0.25) is 0 Å². The standard InChI is InChI=1S/C10H11N3S2/c1-6-2-3-15-8(6)4-7-5-12-10(14)13-9(7)11/h2-3,5H,4H2,1H3,(H3,11,12,13,14). The molecule has 2 aromatic rings. The second-order valence-electron chi connectivity index (χ2n) is 3.33. The molecule has 2 aromatic heterocycles. The Morgan fingerprint density at radius 1 is 1.60 bits per heavy atom. The predicted octanol–water partition coefficient (Wildman–Crippen LogP) is 2.68. The van der Waals surface area contributed by atoms with E-state index in [4.69, 9.17) is 18.0 Å². The van der Waals surface area contributed by atoms with Gasteiger partial charge in [-0.1, -0.05) is 0 Å². The molecule has 0 amide bonds. The maximum absolute atomic E-state index is 5.83. The molecular weight excluding hydrogens is 226 g/mol. The molecule has 0 saturated heterocycles. The van der Waals surface area contributed by atoms with Crippen LogP contribution in [0.2, 0.25) is 0 Å². The van der Waals surface area contributed by atoms with Crippen molar-refractivity contribution in [2.75, 3.05) is 5.73 Å². The molecule has 0 aromatic carbocycles. The first kappa shape index (κ1) is 10.3. The van der Waals surface area contributed by atoms with E-state index in [1.54, 1.807) is 17.5 Å². The number of aromatic nitrogens is 2. The third-order valence-electron chi connectivity index (χ3n) is 2.24. The summed E-state index contributed by atoms with van der Waals surface area (Å²) in [5, 5.41) is 2.08. The number of nitrogens with zero attached hydrogens (tertiary/aromatic N) is 1. The van der Waals surface area contributed by atoms with E-state index in [9.17, 15) is 0 Å². The van der Waals surface area contributed by atoms with Crippen LogP contribution in [0.1, 0.15) is 16.0 Å². The van der Waals surface area contributed by atoms with E-state index in [0.717, 1.165) is 12.0 Å². The number of anilines is 1. The average molecular weight is 237 g/mol. The number of rotatable bonds is 2. The summed E-state index contributed by atoms with van der Waals surface area (Å²) >= 11 is 6.62. The highest BCUT2D eigenvalue weighted by Gasteiger charge is 2.05. The van der Waals surface area contributed by atoms with Crippen LogP contribution in [0.15, 0.2) is 17.6 Å². The zero-order chi connectivity index (χ0) is 10.8. The van der Waals surface area contributed by atoms with Crippen molar-refractivity contribution < 1.29 is 0 Å². The normalized spacial score (nSPS) is 10.5. The topological polar surface area (TPSA) is 54.7 Å². The number of nitrogens with one attached hydrogen (secondary N) is 1. The zero-order valence-corrected chi connectivity index (χ0v) is 9.91. The maximum atomic E-state index is 5.83. The fraction of sp³-hybridized carbons (Fsp3) is 0.200. The molecule has 0 bridgehead atoms. The van der Waals surface area contributed by atoms with Gasteiger partial charge in [0.25, 0.3) is 0 Å². The molecule has 0 unspecified atom stereocenters.